The van der Waals surface area contributed by atoms with Gasteiger partial charge in [-0.1, -0.05) is 18.2 Å². The molecule has 1 saturated carbocycles. The molecule has 2 fully saturated rings. The molecule has 1 aromatic rings. The second-order valence-corrected chi connectivity index (χ2v) is 9.44. The van der Waals surface area contributed by atoms with Crippen molar-refractivity contribution >= 4 is 15.7 Å². The molecular formula is C18H26N2O4S. The number of ether oxygens (including phenoxy) is 1. The third-order valence-electron chi connectivity index (χ3n) is 5.11. The first-order valence-corrected chi connectivity index (χ1v) is 10.7. The molecule has 0 radical (unpaired) electrons. The third kappa shape index (κ3) is 4.33. The van der Waals surface area contributed by atoms with Gasteiger partial charge >= 0.3 is 0 Å². The molecule has 0 aromatic heterocycles. The van der Waals surface area contributed by atoms with Gasteiger partial charge in [0.1, 0.15) is 15.6 Å². The number of carbonyl (C=O) groups excluding carboxylic acids is 1. The lowest BCUT2D eigenvalue weighted by molar-refractivity contribution is -0.135. The van der Waals surface area contributed by atoms with E-state index in [9.17, 15) is 13.2 Å². The lowest BCUT2D eigenvalue weighted by Gasteiger charge is -2.38. The van der Waals surface area contributed by atoms with Gasteiger partial charge in [-0.05, 0) is 24.3 Å². The second kappa shape index (κ2) is 6.96. The van der Waals surface area contributed by atoms with E-state index in [-0.39, 0.29) is 23.1 Å². The van der Waals surface area contributed by atoms with E-state index in [0.717, 1.165) is 30.7 Å². The molecule has 1 aliphatic carbocycles. The highest BCUT2D eigenvalue weighted by atomic mass is 32.2. The summed E-state index contributed by atoms with van der Waals surface area (Å²) < 4.78 is 28.8. The number of rotatable bonds is 6. The zero-order valence-electron chi connectivity index (χ0n) is 14.8. The van der Waals surface area contributed by atoms with Crippen molar-refractivity contribution in [2.45, 2.75) is 25.3 Å². The van der Waals surface area contributed by atoms with E-state index < -0.39 is 9.84 Å². The summed E-state index contributed by atoms with van der Waals surface area (Å²) in [5, 5.41) is 3.34. The fourth-order valence-electron chi connectivity index (χ4n) is 3.75. The predicted octanol–water partition coefficient (Wildman–Crippen LogP) is 1.38. The van der Waals surface area contributed by atoms with Gasteiger partial charge in [-0.2, -0.15) is 0 Å². The minimum Gasteiger partial charge on any atom is -0.496 e. The Labute approximate surface area is 149 Å². The largest absolute Gasteiger partial charge is 0.496 e. The number of sulfone groups is 1. The monoisotopic (exact) mass is 366 g/mol. The van der Waals surface area contributed by atoms with Crippen molar-refractivity contribution in [1.29, 1.82) is 0 Å². The Kier molecular flexibility index (Phi) is 5.06. The van der Waals surface area contributed by atoms with Crippen molar-refractivity contribution < 1.29 is 17.9 Å². The van der Waals surface area contributed by atoms with Crippen LogP contribution in [0, 0.1) is 5.41 Å². The molecule has 2 aliphatic rings. The smallest absolute Gasteiger partial charge is 0.223 e. The molecule has 1 saturated heterocycles. The standard InChI is InChI=1S/C18H26N2O4S/c1-24-16-6-4-3-5-14(16)15-12-19-9-10-20(15)17(21)11-18(7-8-18)13-25(2,22)23/h3-6,15,19H,7-13H2,1-2H3. The molecule has 0 spiro atoms. The first-order valence-electron chi connectivity index (χ1n) is 8.64. The van der Waals surface area contributed by atoms with E-state index in [2.05, 4.69) is 5.32 Å². The van der Waals surface area contributed by atoms with Gasteiger partial charge in [0.2, 0.25) is 5.91 Å². The molecule has 1 aliphatic heterocycles. The average Bonchev–Trinajstić information content (AvgIpc) is 3.31. The molecule has 3 rings (SSSR count). The van der Waals surface area contributed by atoms with Gasteiger partial charge < -0.3 is 15.0 Å². The molecular weight excluding hydrogens is 340 g/mol. The maximum absolute atomic E-state index is 13.0. The van der Waals surface area contributed by atoms with Crippen LogP contribution in [0.5, 0.6) is 5.75 Å². The van der Waals surface area contributed by atoms with Gasteiger partial charge in [-0.3, -0.25) is 4.79 Å². The highest BCUT2D eigenvalue weighted by Crippen LogP contribution is 2.50. The Morgan fingerprint density at radius 3 is 2.72 bits per heavy atom. The Morgan fingerprint density at radius 1 is 1.36 bits per heavy atom. The van der Waals surface area contributed by atoms with Crippen LogP contribution in [0.25, 0.3) is 0 Å². The zero-order chi connectivity index (χ0) is 18.1. The zero-order valence-corrected chi connectivity index (χ0v) is 15.6. The fraction of sp³-hybridized carbons (Fsp3) is 0.611. The lowest BCUT2D eigenvalue weighted by atomic mass is 9.99. The molecule has 138 valence electrons. The molecule has 1 amide bonds. The Hall–Kier alpha value is -1.60. The van der Waals surface area contributed by atoms with Crippen LogP contribution in [0.4, 0.5) is 0 Å². The van der Waals surface area contributed by atoms with Crippen LogP contribution in [-0.4, -0.2) is 58.0 Å². The van der Waals surface area contributed by atoms with E-state index >= 15 is 0 Å². The summed E-state index contributed by atoms with van der Waals surface area (Å²) in [4.78, 5) is 14.9. The van der Waals surface area contributed by atoms with Crippen LogP contribution >= 0.6 is 0 Å². The van der Waals surface area contributed by atoms with Crippen LogP contribution in [0.15, 0.2) is 24.3 Å². The Balaban J connectivity index is 1.78. The van der Waals surface area contributed by atoms with Gasteiger partial charge in [0.25, 0.3) is 0 Å². The molecule has 7 heteroatoms. The number of hydrogen-bond donors (Lipinski definition) is 1. The van der Waals surface area contributed by atoms with Crippen LogP contribution in [-0.2, 0) is 14.6 Å². The number of piperazine rings is 1. The van der Waals surface area contributed by atoms with Crippen LogP contribution < -0.4 is 10.1 Å². The topological polar surface area (TPSA) is 75.7 Å². The Morgan fingerprint density at radius 2 is 2.08 bits per heavy atom. The summed E-state index contributed by atoms with van der Waals surface area (Å²) in [6.07, 6.45) is 3.19. The van der Waals surface area contributed by atoms with Crippen LogP contribution in [0.2, 0.25) is 0 Å². The van der Waals surface area contributed by atoms with Crippen molar-refractivity contribution in [1.82, 2.24) is 10.2 Å². The van der Waals surface area contributed by atoms with Gasteiger partial charge in [0.05, 0.1) is 18.9 Å². The number of benzene rings is 1. The van der Waals surface area contributed by atoms with E-state index in [1.807, 2.05) is 29.2 Å². The molecule has 6 nitrogen and oxygen atoms in total. The second-order valence-electron chi connectivity index (χ2n) is 7.30. The predicted molar refractivity (Wildman–Crippen MR) is 96.3 cm³/mol. The van der Waals surface area contributed by atoms with Gasteiger partial charge in [0, 0.05) is 37.9 Å². The van der Waals surface area contributed by atoms with E-state index in [0.29, 0.717) is 19.5 Å². The molecule has 1 unspecified atom stereocenters. The number of nitrogens with one attached hydrogen (secondary N) is 1. The van der Waals surface area contributed by atoms with E-state index in [1.165, 1.54) is 6.26 Å². The number of nitrogens with zero attached hydrogens (tertiary/aromatic N) is 1. The number of hydrogen-bond acceptors (Lipinski definition) is 5. The molecule has 25 heavy (non-hydrogen) atoms. The summed E-state index contributed by atoms with van der Waals surface area (Å²) in [5.41, 5.74) is 0.638. The van der Waals surface area contributed by atoms with Gasteiger partial charge in [-0.15, -0.1) is 0 Å². The SMILES string of the molecule is COc1ccccc1C1CNCCN1C(=O)CC1(CS(C)(=O)=O)CC1. The molecule has 1 atom stereocenters. The summed E-state index contributed by atoms with van der Waals surface area (Å²) in [6.45, 7) is 2.04. The summed E-state index contributed by atoms with van der Waals surface area (Å²) in [5.74, 6) is 0.918. The molecule has 1 heterocycles. The Bertz CT molecular complexity index is 743. The molecule has 0 bridgehead atoms. The van der Waals surface area contributed by atoms with Crippen LogP contribution in [0.3, 0.4) is 0 Å². The average molecular weight is 366 g/mol. The number of para-hydroxylation sites is 1. The lowest BCUT2D eigenvalue weighted by Crippen LogP contribution is -2.49. The van der Waals surface area contributed by atoms with Crippen molar-refractivity contribution in [2.24, 2.45) is 5.41 Å². The van der Waals surface area contributed by atoms with Crippen molar-refractivity contribution in [3.63, 3.8) is 0 Å². The van der Waals surface area contributed by atoms with E-state index in [1.54, 1.807) is 7.11 Å². The van der Waals surface area contributed by atoms with Crippen molar-refractivity contribution in [3.8, 4) is 5.75 Å². The summed E-state index contributed by atoms with van der Waals surface area (Å²) in [7, 11) is -1.44. The molecule has 1 aromatic carbocycles. The maximum atomic E-state index is 13.0. The van der Waals surface area contributed by atoms with Crippen LogP contribution in [0.1, 0.15) is 30.9 Å². The normalized spacial score (nSPS) is 22.5. The first kappa shape index (κ1) is 18.2. The highest BCUT2D eigenvalue weighted by molar-refractivity contribution is 7.90. The van der Waals surface area contributed by atoms with E-state index in [4.69, 9.17) is 4.74 Å². The van der Waals surface area contributed by atoms with Gasteiger partial charge in [0.15, 0.2) is 0 Å². The minimum atomic E-state index is -3.08. The summed E-state index contributed by atoms with van der Waals surface area (Å²) in [6, 6.07) is 7.65. The number of amides is 1. The minimum absolute atomic E-state index is 0.0403. The summed E-state index contributed by atoms with van der Waals surface area (Å²) >= 11 is 0. The van der Waals surface area contributed by atoms with Crippen molar-refractivity contribution in [2.75, 3.05) is 38.8 Å². The number of carbonyl (C=O) groups is 1. The maximum Gasteiger partial charge on any atom is 0.223 e. The third-order valence-corrected chi connectivity index (χ3v) is 6.25. The quantitative estimate of drug-likeness (QED) is 0.823. The molecule has 1 N–H and O–H groups in total. The number of methoxy groups -OCH3 is 1. The highest BCUT2D eigenvalue weighted by Gasteiger charge is 2.48. The fourth-order valence-corrected chi connectivity index (χ4v) is 5.25. The van der Waals surface area contributed by atoms with Gasteiger partial charge in [-0.25, -0.2) is 8.42 Å². The first-order chi connectivity index (χ1) is 11.8. The van der Waals surface area contributed by atoms with Crippen molar-refractivity contribution in [3.05, 3.63) is 29.8 Å².